The molecule has 0 unspecified atom stereocenters. The Kier molecular flexibility index (Phi) is 3.82. The van der Waals surface area contributed by atoms with Gasteiger partial charge >= 0.3 is 0 Å². The molecule has 17 heavy (non-hydrogen) atoms. The summed E-state index contributed by atoms with van der Waals surface area (Å²) in [4.78, 5) is 3.43. The van der Waals surface area contributed by atoms with Gasteiger partial charge in [-0.05, 0) is 46.3 Å². The van der Waals surface area contributed by atoms with Crippen molar-refractivity contribution in [3.8, 4) is 6.07 Å². The minimum absolute atomic E-state index is 0.696. The number of benzene rings is 1. The number of nitrogens with zero attached hydrogens (tertiary/aromatic N) is 2. The zero-order valence-electron chi connectivity index (χ0n) is 9.35. The van der Waals surface area contributed by atoms with Gasteiger partial charge in [-0.1, -0.05) is 6.07 Å². The van der Waals surface area contributed by atoms with Crippen molar-refractivity contribution in [3.05, 3.63) is 50.6 Å². The van der Waals surface area contributed by atoms with Gasteiger partial charge in [0, 0.05) is 17.6 Å². The fourth-order valence-corrected chi connectivity index (χ4v) is 3.11. The first-order chi connectivity index (χ1) is 8.19. The number of rotatable bonds is 3. The lowest BCUT2D eigenvalue weighted by Crippen LogP contribution is -2.15. The molecule has 0 aliphatic rings. The van der Waals surface area contributed by atoms with Gasteiger partial charge < -0.3 is 4.90 Å². The maximum absolute atomic E-state index is 8.86. The van der Waals surface area contributed by atoms with Crippen LogP contribution in [0.4, 0.5) is 5.69 Å². The zero-order chi connectivity index (χ0) is 12.3. The van der Waals surface area contributed by atoms with Crippen LogP contribution in [0.5, 0.6) is 0 Å². The highest BCUT2D eigenvalue weighted by Crippen LogP contribution is 2.25. The largest absolute Gasteiger partial charge is 0.369 e. The summed E-state index contributed by atoms with van der Waals surface area (Å²) in [5.74, 6) is 0. The molecule has 0 saturated carbocycles. The fraction of sp³-hybridized carbons (Fsp3) is 0.154. The molecule has 0 radical (unpaired) electrons. The normalized spacial score (nSPS) is 9.94. The van der Waals surface area contributed by atoms with Crippen LogP contribution < -0.4 is 4.90 Å². The van der Waals surface area contributed by atoms with Gasteiger partial charge in [-0.3, -0.25) is 0 Å². The van der Waals surface area contributed by atoms with Crippen molar-refractivity contribution < 1.29 is 0 Å². The van der Waals surface area contributed by atoms with Gasteiger partial charge in [0.25, 0.3) is 0 Å². The number of hydrogen-bond acceptors (Lipinski definition) is 3. The van der Waals surface area contributed by atoms with E-state index in [-0.39, 0.29) is 0 Å². The Bertz CT molecular complexity index is 557. The molecular formula is C13H11BrN2S. The van der Waals surface area contributed by atoms with Gasteiger partial charge in [-0.25, -0.2) is 0 Å². The SMILES string of the molecule is CN(Cc1ccc(Br)s1)c1cccc(C#N)c1. The summed E-state index contributed by atoms with van der Waals surface area (Å²) in [6.07, 6.45) is 0. The van der Waals surface area contributed by atoms with E-state index in [9.17, 15) is 0 Å². The van der Waals surface area contributed by atoms with Crippen molar-refractivity contribution in [3.63, 3.8) is 0 Å². The number of nitriles is 1. The highest BCUT2D eigenvalue weighted by molar-refractivity contribution is 9.11. The van der Waals surface area contributed by atoms with E-state index in [0.29, 0.717) is 5.56 Å². The number of hydrogen-bond donors (Lipinski definition) is 0. The van der Waals surface area contributed by atoms with E-state index in [4.69, 9.17) is 5.26 Å². The summed E-state index contributed by atoms with van der Waals surface area (Å²) in [6.45, 7) is 0.852. The second kappa shape index (κ2) is 5.35. The van der Waals surface area contributed by atoms with Crippen LogP contribution in [0.2, 0.25) is 0 Å². The lowest BCUT2D eigenvalue weighted by Gasteiger charge is -2.18. The number of thiophene rings is 1. The van der Waals surface area contributed by atoms with Gasteiger partial charge in [0.2, 0.25) is 0 Å². The van der Waals surface area contributed by atoms with Crippen LogP contribution in [-0.2, 0) is 6.54 Å². The van der Waals surface area contributed by atoms with E-state index in [0.717, 1.165) is 16.0 Å². The molecule has 0 aliphatic carbocycles. The summed E-state index contributed by atoms with van der Waals surface area (Å²) in [7, 11) is 2.03. The monoisotopic (exact) mass is 306 g/mol. The zero-order valence-corrected chi connectivity index (χ0v) is 11.8. The van der Waals surface area contributed by atoms with E-state index in [1.165, 1.54) is 4.88 Å². The Labute approximate surface area is 113 Å². The topological polar surface area (TPSA) is 27.0 Å². The molecular weight excluding hydrogens is 296 g/mol. The predicted molar refractivity (Wildman–Crippen MR) is 75.3 cm³/mol. The molecule has 0 bridgehead atoms. The molecule has 86 valence electrons. The Morgan fingerprint density at radius 2 is 2.18 bits per heavy atom. The Morgan fingerprint density at radius 1 is 1.35 bits per heavy atom. The molecule has 0 fully saturated rings. The molecule has 1 aromatic carbocycles. The van der Waals surface area contributed by atoms with Crippen molar-refractivity contribution >= 4 is 33.0 Å². The van der Waals surface area contributed by atoms with Gasteiger partial charge in [0.15, 0.2) is 0 Å². The first-order valence-electron chi connectivity index (χ1n) is 5.14. The first-order valence-corrected chi connectivity index (χ1v) is 6.75. The molecule has 2 nitrogen and oxygen atoms in total. The van der Waals surface area contributed by atoms with Gasteiger partial charge in [0.1, 0.15) is 0 Å². The highest BCUT2D eigenvalue weighted by Gasteiger charge is 2.04. The van der Waals surface area contributed by atoms with Crippen molar-refractivity contribution in [2.45, 2.75) is 6.54 Å². The standard InChI is InChI=1S/C13H11BrN2S/c1-16(9-12-5-6-13(14)17-12)11-4-2-3-10(7-11)8-15/h2-7H,9H2,1H3. The molecule has 1 heterocycles. The Morgan fingerprint density at radius 3 is 2.82 bits per heavy atom. The molecule has 2 aromatic rings. The number of anilines is 1. The van der Waals surface area contributed by atoms with Crippen LogP contribution in [0.25, 0.3) is 0 Å². The van der Waals surface area contributed by atoms with Crippen LogP contribution >= 0.6 is 27.3 Å². The van der Waals surface area contributed by atoms with Crippen molar-refractivity contribution in [1.29, 1.82) is 5.26 Å². The third-order valence-electron chi connectivity index (χ3n) is 2.44. The predicted octanol–water partition coefficient (Wildman–Crippen LogP) is 4.02. The molecule has 2 rings (SSSR count). The quantitative estimate of drug-likeness (QED) is 0.856. The average Bonchev–Trinajstić information content (AvgIpc) is 2.75. The maximum atomic E-state index is 8.86. The van der Waals surface area contributed by atoms with E-state index >= 15 is 0 Å². The molecule has 0 atom stereocenters. The molecule has 4 heteroatoms. The van der Waals surface area contributed by atoms with Crippen molar-refractivity contribution in [2.75, 3.05) is 11.9 Å². The summed E-state index contributed by atoms with van der Waals surface area (Å²) >= 11 is 5.19. The lowest BCUT2D eigenvalue weighted by molar-refractivity contribution is 0.940. The molecule has 0 aliphatic heterocycles. The van der Waals surface area contributed by atoms with E-state index in [1.807, 2.05) is 31.3 Å². The van der Waals surface area contributed by atoms with E-state index in [2.05, 4.69) is 39.0 Å². The first kappa shape index (κ1) is 12.2. The smallest absolute Gasteiger partial charge is 0.0992 e. The molecule has 0 saturated heterocycles. The fourth-order valence-electron chi connectivity index (χ4n) is 1.57. The average molecular weight is 307 g/mol. The van der Waals surface area contributed by atoms with Crippen molar-refractivity contribution in [2.24, 2.45) is 0 Å². The summed E-state index contributed by atoms with van der Waals surface area (Å²) in [5, 5.41) is 8.86. The second-order valence-electron chi connectivity index (χ2n) is 3.72. The van der Waals surface area contributed by atoms with Crippen LogP contribution in [-0.4, -0.2) is 7.05 Å². The lowest BCUT2D eigenvalue weighted by atomic mass is 10.2. The van der Waals surface area contributed by atoms with Gasteiger partial charge in [0.05, 0.1) is 22.0 Å². The summed E-state index contributed by atoms with van der Waals surface area (Å²) < 4.78 is 1.15. The van der Waals surface area contributed by atoms with Gasteiger partial charge in [-0.15, -0.1) is 11.3 Å². The third kappa shape index (κ3) is 3.09. The molecule has 1 aromatic heterocycles. The minimum Gasteiger partial charge on any atom is -0.369 e. The molecule has 0 N–H and O–H groups in total. The van der Waals surface area contributed by atoms with Crippen LogP contribution in [0.15, 0.2) is 40.2 Å². The molecule has 0 spiro atoms. The Balaban J connectivity index is 2.14. The highest BCUT2D eigenvalue weighted by atomic mass is 79.9. The van der Waals surface area contributed by atoms with Gasteiger partial charge in [-0.2, -0.15) is 5.26 Å². The second-order valence-corrected chi connectivity index (χ2v) is 6.27. The van der Waals surface area contributed by atoms with E-state index < -0.39 is 0 Å². The van der Waals surface area contributed by atoms with Crippen LogP contribution in [0.3, 0.4) is 0 Å². The Hall–Kier alpha value is -1.31. The molecule has 0 amide bonds. The summed E-state index contributed by atoms with van der Waals surface area (Å²) in [6, 6.07) is 14.0. The minimum atomic E-state index is 0.696. The van der Waals surface area contributed by atoms with Crippen LogP contribution in [0, 0.1) is 11.3 Å². The third-order valence-corrected chi connectivity index (χ3v) is 4.05. The number of halogens is 1. The maximum Gasteiger partial charge on any atom is 0.0992 e. The summed E-state index contributed by atoms with van der Waals surface area (Å²) in [5.41, 5.74) is 1.76. The van der Waals surface area contributed by atoms with Crippen LogP contribution in [0.1, 0.15) is 10.4 Å². The van der Waals surface area contributed by atoms with Crippen molar-refractivity contribution in [1.82, 2.24) is 0 Å². The van der Waals surface area contributed by atoms with E-state index in [1.54, 1.807) is 11.3 Å².